The molecule has 0 saturated carbocycles. The second kappa shape index (κ2) is 8.47. The summed E-state index contributed by atoms with van der Waals surface area (Å²) < 4.78 is 12.1. The SMILES string of the molecule is COc1ccc(N2C(=O)NC(=O)/C(=C/c3cc(I)c(OC)c(I)c3)C2=O)cc1. The Balaban J connectivity index is 2.01. The van der Waals surface area contributed by atoms with Crippen LogP contribution in [-0.4, -0.2) is 32.1 Å². The first-order valence-electron chi connectivity index (χ1n) is 7.94. The average molecular weight is 604 g/mol. The van der Waals surface area contributed by atoms with E-state index in [9.17, 15) is 14.4 Å². The zero-order chi connectivity index (χ0) is 20.4. The van der Waals surface area contributed by atoms with E-state index in [1.54, 1.807) is 43.5 Å². The largest absolute Gasteiger partial charge is 0.497 e. The fourth-order valence-corrected chi connectivity index (χ4v) is 4.90. The fourth-order valence-electron chi connectivity index (χ4n) is 2.65. The predicted molar refractivity (Wildman–Crippen MR) is 120 cm³/mol. The summed E-state index contributed by atoms with van der Waals surface area (Å²) in [5, 5.41) is 2.21. The van der Waals surface area contributed by atoms with Crippen molar-refractivity contribution in [3.8, 4) is 11.5 Å². The van der Waals surface area contributed by atoms with Gasteiger partial charge in [-0.2, -0.15) is 0 Å². The third-order valence-electron chi connectivity index (χ3n) is 3.97. The fraction of sp³-hybridized carbons (Fsp3) is 0.105. The molecule has 1 N–H and O–H groups in total. The van der Waals surface area contributed by atoms with Crippen LogP contribution in [-0.2, 0) is 9.59 Å². The van der Waals surface area contributed by atoms with E-state index in [0.29, 0.717) is 17.0 Å². The number of imide groups is 2. The molecule has 1 aliphatic heterocycles. The number of nitrogens with one attached hydrogen (secondary N) is 1. The standard InChI is InChI=1S/C19H14I2N2O5/c1-27-12-5-3-11(4-6-12)23-18(25)13(17(24)22-19(23)26)7-10-8-14(20)16(28-2)15(21)9-10/h3-9H,1-2H3,(H,22,24,26)/b13-7-. The van der Waals surface area contributed by atoms with Gasteiger partial charge >= 0.3 is 6.03 Å². The van der Waals surface area contributed by atoms with Crippen molar-refractivity contribution in [2.75, 3.05) is 19.1 Å². The van der Waals surface area contributed by atoms with Gasteiger partial charge in [-0.3, -0.25) is 14.9 Å². The van der Waals surface area contributed by atoms with Crippen LogP contribution in [0.1, 0.15) is 5.56 Å². The highest BCUT2D eigenvalue weighted by Crippen LogP contribution is 2.30. The van der Waals surface area contributed by atoms with Crippen molar-refractivity contribution in [3.05, 3.63) is 54.7 Å². The number of hydrogen-bond acceptors (Lipinski definition) is 5. The van der Waals surface area contributed by atoms with E-state index in [0.717, 1.165) is 17.8 Å². The number of halogens is 2. The number of barbiturate groups is 1. The number of nitrogens with zero attached hydrogens (tertiary/aromatic N) is 1. The molecule has 1 aliphatic rings. The molecule has 2 aromatic carbocycles. The Labute approximate surface area is 188 Å². The Morgan fingerprint density at radius 3 is 2.11 bits per heavy atom. The Morgan fingerprint density at radius 2 is 1.57 bits per heavy atom. The van der Waals surface area contributed by atoms with Crippen LogP contribution < -0.4 is 19.7 Å². The van der Waals surface area contributed by atoms with Gasteiger partial charge in [-0.15, -0.1) is 0 Å². The molecule has 0 bridgehead atoms. The van der Waals surface area contributed by atoms with Crippen LogP contribution in [0.4, 0.5) is 10.5 Å². The second-order valence-corrected chi connectivity index (χ2v) is 8.00. The van der Waals surface area contributed by atoms with Gasteiger partial charge in [-0.25, -0.2) is 9.69 Å². The molecule has 4 amide bonds. The molecular formula is C19H14I2N2O5. The van der Waals surface area contributed by atoms with E-state index in [4.69, 9.17) is 9.47 Å². The van der Waals surface area contributed by atoms with Crippen LogP contribution in [0.2, 0.25) is 0 Å². The van der Waals surface area contributed by atoms with Crippen LogP contribution >= 0.6 is 45.2 Å². The lowest BCUT2D eigenvalue weighted by Crippen LogP contribution is -2.54. The van der Waals surface area contributed by atoms with Gasteiger partial charge in [0.05, 0.1) is 27.0 Å². The summed E-state index contributed by atoms with van der Waals surface area (Å²) in [5.41, 5.74) is 0.852. The third-order valence-corrected chi connectivity index (χ3v) is 5.57. The summed E-state index contributed by atoms with van der Waals surface area (Å²) in [7, 11) is 3.10. The molecule has 9 heteroatoms. The van der Waals surface area contributed by atoms with Crippen LogP contribution in [0.5, 0.6) is 11.5 Å². The second-order valence-electron chi connectivity index (χ2n) is 5.67. The summed E-state index contributed by atoms with van der Waals surface area (Å²) in [6.45, 7) is 0. The minimum atomic E-state index is -0.795. The number of hydrogen-bond donors (Lipinski definition) is 1. The number of carbonyl (C=O) groups excluding carboxylic acids is 3. The van der Waals surface area contributed by atoms with E-state index in [-0.39, 0.29) is 5.57 Å². The first-order valence-corrected chi connectivity index (χ1v) is 10.1. The number of methoxy groups -OCH3 is 2. The molecule has 144 valence electrons. The molecule has 0 radical (unpaired) electrons. The number of benzene rings is 2. The number of amides is 4. The minimum absolute atomic E-state index is 0.132. The van der Waals surface area contributed by atoms with Crippen molar-refractivity contribution in [2.45, 2.75) is 0 Å². The molecule has 28 heavy (non-hydrogen) atoms. The van der Waals surface area contributed by atoms with Gasteiger partial charge in [-0.05, 0) is 93.2 Å². The lowest BCUT2D eigenvalue weighted by atomic mass is 10.1. The number of carbonyl (C=O) groups is 3. The molecule has 0 spiro atoms. The first-order chi connectivity index (χ1) is 13.3. The smallest absolute Gasteiger partial charge is 0.335 e. The van der Waals surface area contributed by atoms with E-state index in [2.05, 4.69) is 50.5 Å². The maximum absolute atomic E-state index is 12.9. The Bertz CT molecular complexity index is 979. The first kappa shape index (κ1) is 20.6. The number of ether oxygens (including phenoxy) is 2. The summed E-state index contributed by atoms with van der Waals surface area (Å²) >= 11 is 4.24. The molecule has 0 unspecified atom stereocenters. The maximum Gasteiger partial charge on any atom is 0.335 e. The topological polar surface area (TPSA) is 84.9 Å². The van der Waals surface area contributed by atoms with Crippen molar-refractivity contribution in [3.63, 3.8) is 0 Å². The maximum atomic E-state index is 12.9. The van der Waals surface area contributed by atoms with Crippen molar-refractivity contribution in [1.29, 1.82) is 0 Å². The van der Waals surface area contributed by atoms with E-state index >= 15 is 0 Å². The van der Waals surface area contributed by atoms with Crippen LogP contribution in [0.3, 0.4) is 0 Å². The average Bonchev–Trinajstić information content (AvgIpc) is 2.65. The van der Waals surface area contributed by atoms with Gasteiger partial charge < -0.3 is 9.47 Å². The quantitative estimate of drug-likeness (QED) is 0.328. The molecule has 0 atom stereocenters. The minimum Gasteiger partial charge on any atom is -0.497 e. The van der Waals surface area contributed by atoms with E-state index in [1.165, 1.54) is 13.2 Å². The highest BCUT2D eigenvalue weighted by molar-refractivity contribution is 14.1. The summed E-state index contributed by atoms with van der Waals surface area (Å²) in [5.74, 6) is -0.124. The third kappa shape index (κ3) is 3.99. The Morgan fingerprint density at radius 1 is 0.964 bits per heavy atom. The molecule has 3 rings (SSSR count). The Hall–Kier alpha value is -2.15. The van der Waals surface area contributed by atoms with Crippen molar-refractivity contribution >= 4 is 74.8 Å². The predicted octanol–water partition coefficient (Wildman–Crippen LogP) is 3.58. The molecule has 1 saturated heterocycles. The van der Waals surface area contributed by atoms with Crippen molar-refractivity contribution < 1.29 is 23.9 Å². The van der Waals surface area contributed by atoms with Gasteiger partial charge in [-0.1, -0.05) is 0 Å². The normalized spacial score (nSPS) is 15.6. The van der Waals surface area contributed by atoms with Gasteiger partial charge in [0.1, 0.15) is 17.1 Å². The zero-order valence-corrected chi connectivity index (χ0v) is 19.1. The lowest BCUT2D eigenvalue weighted by molar-refractivity contribution is -0.122. The molecule has 1 heterocycles. The van der Waals surface area contributed by atoms with Gasteiger partial charge in [0, 0.05) is 0 Å². The van der Waals surface area contributed by atoms with Crippen molar-refractivity contribution in [1.82, 2.24) is 5.32 Å². The summed E-state index contributed by atoms with van der Waals surface area (Å²) in [4.78, 5) is 38.4. The molecule has 1 fully saturated rings. The number of anilines is 1. The van der Waals surface area contributed by atoms with Crippen molar-refractivity contribution in [2.24, 2.45) is 0 Å². The monoisotopic (exact) mass is 604 g/mol. The summed E-state index contributed by atoms with van der Waals surface area (Å²) in [6, 6.07) is 9.20. The van der Waals surface area contributed by atoms with E-state index in [1.807, 2.05) is 0 Å². The highest BCUT2D eigenvalue weighted by Gasteiger charge is 2.36. The molecule has 0 aliphatic carbocycles. The lowest BCUT2D eigenvalue weighted by Gasteiger charge is -2.26. The molecule has 7 nitrogen and oxygen atoms in total. The molecule has 2 aromatic rings. The van der Waals surface area contributed by atoms with Gasteiger partial charge in [0.15, 0.2) is 0 Å². The van der Waals surface area contributed by atoms with E-state index < -0.39 is 17.8 Å². The van der Waals surface area contributed by atoms with Crippen LogP contribution in [0.15, 0.2) is 42.0 Å². The van der Waals surface area contributed by atoms with Gasteiger partial charge in [0.25, 0.3) is 11.8 Å². The van der Waals surface area contributed by atoms with Gasteiger partial charge in [0.2, 0.25) is 0 Å². The highest BCUT2D eigenvalue weighted by atomic mass is 127. The zero-order valence-electron chi connectivity index (χ0n) is 14.8. The number of rotatable bonds is 4. The number of urea groups is 1. The molecule has 0 aromatic heterocycles. The van der Waals surface area contributed by atoms with Crippen LogP contribution in [0, 0.1) is 7.14 Å². The molecular weight excluding hydrogens is 590 g/mol. The van der Waals surface area contributed by atoms with Crippen LogP contribution in [0.25, 0.3) is 6.08 Å². The Kier molecular flexibility index (Phi) is 6.23. The summed E-state index contributed by atoms with van der Waals surface area (Å²) in [6.07, 6.45) is 1.46.